The first kappa shape index (κ1) is 11.1. The van der Waals surface area contributed by atoms with E-state index < -0.39 is 11.7 Å². The van der Waals surface area contributed by atoms with Crippen molar-refractivity contribution in [3.63, 3.8) is 0 Å². The van der Waals surface area contributed by atoms with Crippen LogP contribution in [0.15, 0.2) is 30.6 Å². The summed E-state index contributed by atoms with van der Waals surface area (Å²) in [7, 11) is 0. The molecule has 0 spiro atoms. The van der Waals surface area contributed by atoms with Crippen LogP contribution >= 0.6 is 0 Å². The maximum absolute atomic E-state index is 13.4. The Balaban J connectivity index is 2.23. The fraction of sp³-hybridized carbons (Fsp3) is 0.0909. The summed E-state index contributed by atoms with van der Waals surface area (Å²) in [5, 5.41) is 9.49. The number of benzene rings is 1. The molecule has 0 atom stereocenters. The Labute approximate surface area is 96.7 Å². The van der Waals surface area contributed by atoms with Gasteiger partial charge in [0.2, 0.25) is 5.95 Å². The number of nitrogens with zero attached hydrogens (tertiary/aromatic N) is 3. The van der Waals surface area contributed by atoms with Crippen LogP contribution in [-0.4, -0.2) is 21.1 Å². The Kier molecular flexibility index (Phi) is 3.04. The topological polar surface area (TPSA) is 67.8 Å². The van der Waals surface area contributed by atoms with Crippen molar-refractivity contribution in [2.45, 2.75) is 6.92 Å². The van der Waals surface area contributed by atoms with Crippen LogP contribution in [0.2, 0.25) is 0 Å². The molecule has 1 aromatic heterocycles. The predicted octanol–water partition coefficient (Wildman–Crippen LogP) is 1.57. The smallest absolute Gasteiger partial charge is 0.261 e. The van der Waals surface area contributed by atoms with Gasteiger partial charge in [-0.05, 0) is 19.1 Å². The van der Waals surface area contributed by atoms with Crippen LogP contribution in [-0.2, 0) is 0 Å². The van der Waals surface area contributed by atoms with Gasteiger partial charge in [0.25, 0.3) is 5.91 Å². The van der Waals surface area contributed by atoms with Crippen LogP contribution in [0, 0.1) is 12.7 Å². The van der Waals surface area contributed by atoms with E-state index in [1.807, 2.05) is 0 Å². The van der Waals surface area contributed by atoms with E-state index in [1.165, 1.54) is 24.5 Å². The molecule has 0 aliphatic heterocycles. The molecule has 0 aliphatic rings. The summed E-state index contributed by atoms with van der Waals surface area (Å²) in [6, 6.07) is 4.29. The molecule has 0 fully saturated rings. The van der Waals surface area contributed by atoms with E-state index in [-0.39, 0.29) is 11.5 Å². The quantitative estimate of drug-likeness (QED) is 0.853. The van der Waals surface area contributed by atoms with Crippen molar-refractivity contribution in [2.75, 3.05) is 5.32 Å². The fourth-order valence-corrected chi connectivity index (χ4v) is 1.29. The van der Waals surface area contributed by atoms with Gasteiger partial charge in [0.05, 0.1) is 18.0 Å². The Morgan fingerprint density at radius 3 is 2.88 bits per heavy atom. The molecule has 1 heterocycles. The van der Waals surface area contributed by atoms with Crippen molar-refractivity contribution in [2.24, 2.45) is 0 Å². The predicted molar refractivity (Wildman–Crippen MR) is 58.9 cm³/mol. The third kappa shape index (κ3) is 2.60. The van der Waals surface area contributed by atoms with Gasteiger partial charge in [-0.25, -0.2) is 9.37 Å². The molecule has 0 unspecified atom stereocenters. The van der Waals surface area contributed by atoms with Crippen LogP contribution in [0.4, 0.5) is 10.3 Å². The van der Waals surface area contributed by atoms with Gasteiger partial charge in [-0.3, -0.25) is 10.1 Å². The van der Waals surface area contributed by atoms with Crippen molar-refractivity contribution in [1.29, 1.82) is 0 Å². The molecular formula is C11H9FN4O. The van der Waals surface area contributed by atoms with Gasteiger partial charge in [-0.2, -0.15) is 5.10 Å². The summed E-state index contributed by atoms with van der Waals surface area (Å²) in [5.74, 6) is -1.14. The molecule has 17 heavy (non-hydrogen) atoms. The van der Waals surface area contributed by atoms with Gasteiger partial charge in [0.1, 0.15) is 5.82 Å². The SMILES string of the molecule is Cc1ccc(F)c(C(=O)Nc2nccnn2)c1. The van der Waals surface area contributed by atoms with Crippen LogP contribution < -0.4 is 5.32 Å². The second-order valence-electron chi connectivity index (χ2n) is 3.40. The van der Waals surface area contributed by atoms with E-state index in [0.717, 1.165) is 5.56 Å². The lowest BCUT2D eigenvalue weighted by atomic mass is 10.1. The zero-order chi connectivity index (χ0) is 12.3. The molecule has 86 valence electrons. The molecule has 1 N–H and O–H groups in total. The molecule has 0 saturated carbocycles. The van der Waals surface area contributed by atoms with Crippen LogP contribution in [0.1, 0.15) is 15.9 Å². The second kappa shape index (κ2) is 4.65. The molecule has 0 aliphatic carbocycles. The minimum atomic E-state index is -0.598. The lowest BCUT2D eigenvalue weighted by Gasteiger charge is -2.04. The molecular weight excluding hydrogens is 223 g/mol. The van der Waals surface area contributed by atoms with Gasteiger partial charge in [0, 0.05) is 0 Å². The maximum atomic E-state index is 13.4. The Hall–Kier alpha value is -2.37. The minimum Gasteiger partial charge on any atom is -0.289 e. The van der Waals surface area contributed by atoms with Gasteiger partial charge in [0.15, 0.2) is 0 Å². The number of anilines is 1. The van der Waals surface area contributed by atoms with Crippen LogP contribution in [0.3, 0.4) is 0 Å². The van der Waals surface area contributed by atoms with Gasteiger partial charge >= 0.3 is 0 Å². The number of hydrogen-bond acceptors (Lipinski definition) is 4. The molecule has 2 aromatic rings. The highest BCUT2D eigenvalue weighted by molar-refractivity contribution is 6.03. The summed E-state index contributed by atoms with van der Waals surface area (Å²) in [6.07, 6.45) is 2.76. The number of rotatable bonds is 2. The lowest BCUT2D eigenvalue weighted by molar-refractivity contribution is 0.102. The Morgan fingerprint density at radius 2 is 2.18 bits per heavy atom. The van der Waals surface area contributed by atoms with Crippen LogP contribution in [0.25, 0.3) is 0 Å². The summed E-state index contributed by atoms with van der Waals surface area (Å²) >= 11 is 0. The van der Waals surface area contributed by atoms with E-state index in [0.29, 0.717) is 0 Å². The maximum Gasteiger partial charge on any atom is 0.261 e. The fourth-order valence-electron chi connectivity index (χ4n) is 1.29. The number of halogens is 1. The average Bonchev–Trinajstić information content (AvgIpc) is 2.33. The van der Waals surface area contributed by atoms with Crippen molar-refractivity contribution in [3.05, 3.63) is 47.5 Å². The number of aromatic nitrogens is 3. The van der Waals surface area contributed by atoms with E-state index in [2.05, 4.69) is 20.5 Å². The first-order chi connectivity index (χ1) is 8.16. The van der Waals surface area contributed by atoms with E-state index in [1.54, 1.807) is 13.0 Å². The average molecular weight is 232 g/mol. The highest BCUT2D eigenvalue weighted by atomic mass is 19.1. The summed E-state index contributed by atoms with van der Waals surface area (Å²) in [4.78, 5) is 15.5. The normalized spacial score (nSPS) is 10.0. The van der Waals surface area contributed by atoms with Crippen molar-refractivity contribution < 1.29 is 9.18 Å². The number of amides is 1. The highest BCUT2D eigenvalue weighted by Gasteiger charge is 2.12. The summed E-state index contributed by atoms with van der Waals surface area (Å²) in [6.45, 7) is 1.77. The Morgan fingerprint density at radius 1 is 1.35 bits per heavy atom. The van der Waals surface area contributed by atoms with Gasteiger partial charge in [-0.1, -0.05) is 11.6 Å². The number of aryl methyl sites for hydroxylation is 1. The lowest BCUT2D eigenvalue weighted by Crippen LogP contribution is -2.16. The monoisotopic (exact) mass is 232 g/mol. The largest absolute Gasteiger partial charge is 0.289 e. The number of carbonyl (C=O) groups excluding carboxylic acids is 1. The van der Waals surface area contributed by atoms with E-state index >= 15 is 0 Å². The summed E-state index contributed by atoms with van der Waals surface area (Å²) in [5.41, 5.74) is 0.751. The molecule has 0 saturated heterocycles. The third-order valence-corrected chi connectivity index (χ3v) is 2.07. The summed E-state index contributed by atoms with van der Waals surface area (Å²) < 4.78 is 13.4. The standard InChI is InChI=1S/C11H9FN4O/c1-7-2-3-9(12)8(6-7)10(17)15-11-13-4-5-14-16-11/h2-6H,1H3,(H,13,15,16,17). The zero-order valence-corrected chi connectivity index (χ0v) is 9.01. The van der Waals surface area contributed by atoms with Crippen molar-refractivity contribution in [3.8, 4) is 0 Å². The van der Waals surface area contributed by atoms with Gasteiger partial charge in [-0.15, -0.1) is 5.10 Å². The van der Waals surface area contributed by atoms with Gasteiger partial charge < -0.3 is 0 Å². The molecule has 5 nitrogen and oxygen atoms in total. The first-order valence-corrected chi connectivity index (χ1v) is 4.88. The van der Waals surface area contributed by atoms with E-state index in [9.17, 15) is 9.18 Å². The van der Waals surface area contributed by atoms with Crippen LogP contribution in [0.5, 0.6) is 0 Å². The third-order valence-electron chi connectivity index (χ3n) is 2.07. The molecule has 1 aromatic carbocycles. The highest BCUT2D eigenvalue weighted by Crippen LogP contribution is 2.11. The minimum absolute atomic E-state index is 0.0402. The molecule has 6 heteroatoms. The number of hydrogen-bond donors (Lipinski definition) is 1. The first-order valence-electron chi connectivity index (χ1n) is 4.88. The zero-order valence-electron chi connectivity index (χ0n) is 9.01. The molecule has 0 bridgehead atoms. The number of carbonyl (C=O) groups is 1. The molecule has 2 rings (SSSR count). The van der Waals surface area contributed by atoms with Crippen molar-refractivity contribution >= 4 is 11.9 Å². The van der Waals surface area contributed by atoms with E-state index in [4.69, 9.17) is 0 Å². The molecule has 1 amide bonds. The Bertz CT molecular complexity index is 544. The van der Waals surface area contributed by atoms with Crippen molar-refractivity contribution in [1.82, 2.24) is 15.2 Å². The second-order valence-corrected chi connectivity index (χ2v) is 3.40. The molecule has 0 radical (unpaired) electrons. The number of nitrogens with one attached hydrogen (secondary N) is 1.